The molecule has 132 valence electrons. The molecule has 1 N–H and O–H groups in total. The number of carbonyl (C=O) groups excluding carboxylic acids is 1. The van der Waals surface area contributed by atoms with Crippen molar-refractivity contribution in [3.8, 4) is 17.2 Å². The summed E-state index contributed by atoms with van der Waals surface area (Å²) >= 11 is 0. The maximum absolute atomic E-state index is 12.5. The zero-order valence-corrected chi connectivity index (χ0v) is 14.7. The summed E-state index contributed by atoms with van der Waals surface area (Å²) < 4.78 is 12.4. The molecule has 2 aromatic carbocycles. The highest BCUT2D eigenvalue weighted by molar-refractivity contribution is 5.92. The van der Waals surface area contributed by atoms with Gasteiger partial charge in [0.1, 0.15) is 0 Å². The summed E-state index contributed by atoms with van der Waals surface area (Å²) in [6, 6.07) is 15.4. The summed E-state index contributed by atoms with van der Waals surface area (Å²) in [5.74, 6) is 1.22. The van der Waals surface area contributed by atoms with Crippen molar-refractivity contribution < 1.29 is 14.3 Å². The van der Waals surface area contributed by atoms with Crippen LogP contribution in [-0.4, -0.2) is 22.5 Å². The molecule has 0 saturated heterocycles. The molecule has 0 atom stereocenters. The maximum Gasteiger partial charge on any atom is 0.272 e. The first-order chi connectivity index (χ1) is 12.6. The Morgan fingerprint density at radius 3 is 2.65 bits per heavy atom. The van der Waals surface area contributed by atoms with Gasteiger partial charge >= 0.3 is 0 Å². The lowest BCUT2D eigenvalue weighted by atomic mass is 10.2. The number of aromatic nitrogens is 2. The SMILES string of the molecule is Cc1ccc(-n2nc(C(=O)NCc3ccc4c(c3)OCO4)cc2C)cc1. The van der Waals surface area contributed by atoms with Crippen LogP contribution in [0.3, 0.4) is 0 Å². The van der Waals surface area contributed by atoms with Crippen LogP contribution < -0.4 is 14.8 Å². The minimum absolute atomic E-state index is 0.211. The summed E-state index contributed by atoms with van der Waals surface area (Å²) in [6.45, 7) is 4.60. The Morgan fingerprint density at radius 2 is 1.85 bits per heavy atom. The van der Waals surface area contributed by atoms with E-state index in [1.54, 1.807) is 10.7 Å². The molecule has 1 aromatic heterocycles. The van der Waals surface area contributed by atoms with Crippen molar-refractivity contribution in [2.24, 2.45) is 0 Å². The van der Waals surface area contributed by atoms with E-state index in [-0.39, 0.29) is 12.7 Å². The fraction of sp³-hybridized carbons (Fsp3) is 0.200. The number of hydrogen-bond acceptors (Lipinski definition) is 4. The lowest BCUT2D eigenvalue weighted by molar-refractivity contribution is 0.0945. The molecular weight excluding hydrogens is 330 g/mol. The van der Waals surface area contributed by atoms with E-state index in [0.717, 1.165) is 22.7 Å². The zero-order chi connectivity index (χ0) is 18.1. The number of rotatable bonds is 4. The van der Waals surface area contributed by atoms with Gasteiger partial charge in [0, 0.05) is 12.2 Å². The third-order valence-corrected chi connectivity index (χ3v) is 4.29. The standard InChI is InChI=1S/C20H19N3O3/c1-13-3-6-16(7-4-13)23-14(2)9-17(22-23)20(24)21-11-15-5-8-18-19(10-15)26-12-25-18/h3-10H,11-12H2,1-2H3,(H,21,24). The van der Waals surface area contributed by atoms with E-state index in [9.17, 15) is 4.79 Å². The van der Waals surface area contributed by atoms with Crippen molar-refractivity contribution in [3.05, 3.63) is 71.0 Å². The van der Waals surface area contributed by atoms with Gasteiger partial charge in [-0.05, 0) is 49.7 Å². The molecule has 2 heterocycles. The smallest absolute Gasteiger partial charge is 0.272 e. The Morgan fingerprint density at radius 1 is 1.08 bits per heavy atom. The van der Waals surface area contributed by atoms with Gasteiger partial charge in [0.2, 0.25) is 6.79 Å². The third-order valence-electron chi connectivity index (χ3n) is 4.29. The molecule has 0 aliphatic carbocycles. The molecule has 0 radical (unpaired) electrons. The maximum atomic E-state index is 12.5. The quantitative estimate of drug-likeness (QED) is 0.786. The Labute approximate surface area is 151 Å². The number of carbonyl (C=O) groups is 1. The van der Waals surface area contributed by atoms with E-state index in [1.807, 2.05) is 56.3 Å². The van der Waals surface area contributed by atoms with Crippen LogP contribution in [0.2, 0.25) is 0 Å². The number of amides is 1. The first kappa shape index (κ1) is 16.2. The first-order valence-electron chi connectivity index (χ1n) is 8.40. The third kappa shape index (κ3) is 3.13. The van der Waals surface area contributed by atoms with Crippen molar-refractivity contribution in [1.29, 1.82) is 0 Å². The number of ether oxygens (including phenoxy) is 2. The molecule has 26 heavy (non-hydrogen) atoms. The highest BCUT2D eigenvalue weighted by Gasteiger charge is 2.15. The molecule has 3 aromatic rings. The molecule has 0 saturated carbocycles. The number of fused-ring (bicyclic) bond motifs is 1. The van der Waals surface area contributed by atoms with Gasteiger partial charge < -0.3 is 14.8 Å². The van der Waals surface area contributed by atoms with Gasteiger partial charge in [-0.2, -0.15) is 5.10 Å². The Bertz CT molecular complexity index is 961. The summed E-state index contributed by atoms with van der Waals surface area (Å²) in [5, 5.41) is 7.34. The summed E-state index contributed by atoms with van der Waals surface area (Å²) in [7, 11) is 0. The summed E-state index contributed by atoms with van der Waals surface area (Å²) in [4.78, 5) is 12.5. The van der Waals surface area contributed by atoms with Gasteiger partial charge in [-0.1, -0.05) is 23.8 Å². The van der Waals surface area contributed by atoms with Gasteiger partial charge in [0.25, 0.3) is 5.91 Å². The Kier molecular flexibility index (Phi) is 4.08. The number of hydrogen-bond donors (Lipinski definition) is 1. The van der Waals surface area contributed by atoms with Gasteiger partial charge in [-0.3, -0.25) is 4.79 Å². The number of benzene rings is 2. The van der Waals surface area contributed by atoms with Crippen LogP contribution in [0.25, 0.3) is 5.69 Å². The predicted octanol–water partition coefficient (Wildman–Crippen LogP) is 3.15. The largest absolute Gasteiger partial charge is 0.454 e. The van der Waals surface area contributed by atoms with Crippen LogP contribution in [0, 0.1) is 13.8 Å². The van der Waals surface area contributed by atoms with E-state index in [0.29, 0.717) is 18.0 Å². The molecule has 0 fully saturated rings. The second-order valence-corrected chi connectivity index (χ2v) is 6.29. The molecule has 1 amide bonds. The molecule has 6 heteroatoms. The fourth-order valence-corrected chi connectivity index (χ4v) is 2.86. The van der Waals surface area contributed by atoms with Gasteiger partial charge in [0.05, 0.1) is 5.69 Å². The van der Waals surface area contributed by atoms with Crippen LogP contribution >= 0.6 is 0 Å². The normalized spacial score (nSPS) is 12.2. The van der Waals surface area contributed by atoms with E-state index in [1.165, 1.54) is 5.56 Å². The van der Waals surface area contributed by atoms with Crippen molar-refractivity contribution in [1.82, 2.24) is 15.1 Å². The predicted molar refractivity (Wildman–Crippen MR) is 96.8 cm³/mol. The van der Waals surface area contributed by atoms with E-state index < -0.39 is 0 Å². The summed E-state index contributed by atoms with van der Waals surface area (Å²) in [6.07, 6.45) is 0. The van der Waals surface area contributed by atoms with Crippen molar-refractivity contribution in [2.45, 2.75) is 20.4 Å². The number of nitrogens with one attached hydrogen (secondary N) is 1. The monoisotopic (exact) mass is 349 g/mol. The fourth-order valence-electron chi connectivity index (χ4n) is 2.86. The van der Waals surface area contributed by atoms with E-state index >= 15 is 0 Å². The second-order valence-electron chi connectivity index (χ2n) is 6.29. The van der Waals surface area contributed by atoms with Crippen molar-refractivity contribution >= 4 is 5.91 Å². The highest BCUT2D eigenvalue weighted by Crippen LogP contribution is 2.32. The van der Waals surface area contributed by atoms with Crippen LogP contribution in [0.15, 0.2) is 48.5 Å². The number of nitrogens with zero attached hydrogens (tertiary/aromatic N) is 2. The minimum atomic E-state index is -0.211. The zero-order valence-electron chi connectivity index (χ0n) is 14.7. The Balaban J connectivity index is 1.47. The van der Waals surface area contributed by atoms with Gasteiger partial charge in [-0.25, -0.2) is 4.68 Å². The molecule has 6 nitrogen and oxygen atoms in total. The Hall–Kier alpha value is -3.28. The highest BCUT2D eigenvalue weighted by atomic mass is 16.7. The number of aryl methyl sites for hydroxylation is 2. The molecule has 0 spiro atoms. The van der Waals surface area contributed by atoms with Crippen molar-refractivity contribution in [2.75, 3.05) is 6.79 Å². The molecule has 0 bridgehead atoms. The van der Waals surface area contributed by atoms with Crippen LogP contribution in [-0.2, 0) is 6.54 Å². The molecule has 1 aliphatic rings. The topological polar surface area (TPSA) is 65.4 Å². The second kappa shape index (κ2) is 6.55. The van der Waals surface area contributed by atoms with Crippen LogP contribution in [0.5, 0.6) is 11.5 Å². The van der Waals surface area contributed by atoms with Crippen LogP contribution in [0.4, 0.5) is 0 Å². The summed E-state index contributed by atoms with van der Waals surface area (Å²) in [5.41, 5.74) is 4.35. The molecular formula is C20H19N3O3. The van der Waals surface area contributed by atoms with Crippen molar-refractivity contribution in [3.63, 3.8) is 0 Å². The lowest BCUT2D eigenvalue weighted by Crippen LogP contribution is -2.23. The van der Waals surface area contributed by atoms with Gasteiger partial charge in [0.15, 0.2) is 17.2 Å². The van der Waals surface area contributed by atoms with E-state index in [4.69, 9.17) is 9.47 Å². The van der Waals surface area contributed by atoms with Crippen LogP contribution in [0.1, 0.15) is 27.3 Å². The first-order valence-corrected chi connectivity index (χ1v) is 8.40. The average molecular weight is 349 g/mol. The average Bonchev–Trinajstić information content (AvgIpc) is 3.26. The molecule has 0 unspecified atom stereocenters. The van der Waals surface area contributed by atoms with Gasteiger partial charge in [-0.15, -0.1) is 0 Å². The van der Waals surface area contributed by atoms with E-state index in [2.05, 4.69) is 10.4 Å². The molecule has 4 rings (SSSR count). The lowest BCUT2D eigenvalue weighted by Gasteiger charge is -2.05. The molecule has 1 aliphatic heterocycles. The minimum Gasteiger partial charge on any atom is -0.454 e.